The maximum Gasteiger partial charge on any atom is 0.247 e. The van der Waals surface area contributed by atoms with Crippen molar-refractivity contribution in [3.05, 3.63) is 59.5 Å². The number of hydrogen-bond acceptors (Lipinski definition) is 6. The number of hydrogen-bond donors (Lipinski definition) is 2. The SMILES string of the molecule is Cc1noc(C)c1-c1ccc(N(C)C2CCC(=O)NC2)c(NC(=O)[C@@H]2CCC(=O)N2c2ccc(F)c(F)c2)c1. The quantitative estimate of drug-likeness (QED) is 0.491. The van der Waals surface area contributed by atoms with Crippen LogP contribution in [0.1, 0.15) is 37.1 Å². The second-order valence-corrected chi connectivity index (χ2v) is 9.94. The standard InChI is InChI=1S/C28H29F2N5O4/c1-15-27(16(2)39-33-15)17-4-8-23(34(3)19-6-10-25(36)31-14-19)22(12-17)32-28(38)24-9-11-26(37)35(24)18-5-7-20(29)21(30)13-18/h4-5,7-8,12-13,19,24H,6,9-11,14H2,1-3H3,(H,31,36)(H,32,38)/t19?,24-/m0/s1. The topological polar surface area (TPSA) is 108 Å². The van der Waals surface area contributed by atoms with Crippen LogP contribution >= 0.6 is 0 Å². The normalized spacial score (nSPS) is 19.3. The number of likely N-dealkylation sites (N-methyl/N-ethyl adjacent to an activating group) is 1. The van der Waals surface area contributed by atoms with Crippen molar-refractivity contribution < 1.29 is 27.7 Å². The van der Waals surface area contributed by atoms with Gasteiger partial charge in [-0.2, -0.15) is 0 Å². The summed E-state index contributed by atoms with van der Waals surface area (Å²) in [5.74, 6) is -2.29. The highest BCUT2D eigenvalue weighted by atomic mass is 19.2. The summed E-state index contributed by atoms with van der Waals surface area (Å²) in [5, 5.41) is 9.91. The Labute approximate surface area is 224 Å². The zero-order valence-electron chi connectivity index (χ0n) is 21.9. The van der Waals surface area contributed by atoms with Gasteiger partial charge in [-0.3, -0.25) is 19.3 Å². The molecule has 3 aromatic rings. The van der Waals surface area contributed by atoms with Gasteiger partial charge in [-0.15, -0.1) is 0 Å². The fraction of sp³-hybridized carbons (Fsp3) is 0.357. The Balaban J connectivity index is 1.49. The number of anilines is 3. The molecule has 9 nitrogen and oxygen atoms in total. The minimum absolute atomic E-state index is 0.00477. The first-order valence-electron chi connectivity index (χ1n) is 12.8. The number of amides is 3. The number of halogens is 2. The van der Waals surface area contributed by atoms with Gasteiger partial charge in [0.15, 0.2) is 11.6 Å². The lowest BCUT2D eigenvalue weighted by molar-refractivity contribution is -0.122. The van der Waals surface area contributed by atoms with E-state index in [1.165, 1.54) is 11.0 Å². The predicted octanol–water partition coefficient (Wildman–Crippen LogP) is 4.09. The zero-order valence-corrected chi connectivity index (χ0v) is 21.9. The molecule has 3 amide bonds. The smallest absolute Gasteiger partial charge is 0.247 e. The molecule has 0 radical (unpaired) electrons. The summed E-state index contributed by atoms with van der Waals surface area (Å²) in [7, 11) is 1.90. The fourth-order valence-corrected chi connectivity index (χ4v) is 5.35. The Kier molecular flexibility index (Phi) is 7.07. The molecule has 39 heavy (non-hydrogen) atoms. The monoisotopic (exact) mass is 537 g/mol. The highest BCUT2D eigenvalue weighted by Gasteiger charge is 2.38. The molecule has 2 aliphatic heterocycles. The molecule has 2 atom stereocenters. The number of aryl methyl sites for hydroxylation is 2. The molecule has 1 aromatic heterocycles. The molecule has 5 rings (SSSR count). The number of rotatable bonds is 6. The first kappa shape index (κ1) is 26.3. The lowest BCUT2D eigenvalue weighted by Gasteiger charge is -2.34. The molecule has 2 fully saturated rings. The molecule has 2 aromatic carbocycles. The molecule has 2 aliphatic rings. The predicted molar refractivity (Wildman–Crippen MR) is 141 cm³/mol. The molecule has 11 heteroatoms. The van der Waals surface area contributed by atoms with E-state index in [2.05, 4.69) is 15.8 Å². The van der Waals surface area contributed by atoms with Crippen molar-refractivity contribution in [1.29, 1.82) is 0 Å². The van der Waals surface area contributed by atoms with E-state index in [1.807, 2.05) is 44.0 Å². The molecule has 2 saturated heterocycles. The highest BCUT2D eigenvalue weighted by molar-refractivity contribution is 6.08. The number of piperidine rings is 1. The Hall–Kier alpha value is -4.28. The number of nitrogens with one attached hydrogen (secondary N) is 2. The minimum atomic E-state index is -1.10. The van der Waals surface area contributed by atoms with E-state index in [1.54, 1.807) is 0 Å². The summed E-state index contributed by atoms with van der Waals surface area (Å²) in [4.78, 5) is 41.3. The first-order valence-corrected chi connectivity index (χ1v) is 12.8. The van der Waals surface area contributed by atoms with Crippen LogP contribution in [0.2, 0.25) is 0 Å². The molecule has 0 aliphatic carbocycles. The van der Waals surface area contributed by atoms with E-state index in [4.69, 9.17) is 4.52 Å². The lowest BCUT2D eigenvalue weighted by atomic mass is 10.0. The summed E-state index contributed by atoms with van der Waals surface area (Å²) in [6.07, 6.45) is 1.39. The Bertz CT molecular complexity index is 1430. The third-order valence-electron chi connectivity index (χ3n) is 7.44. The van der Waals surface area contributed by atoms with Crippen LogP contribution in [-0.4, -0.2) is 48.6 Å². The Morgan fingerprint density at radius 3 is 2.56 bits per heavy atom. The van der Waals surface area contributed by atoms with Crippen molar-refractivity contribution in [2.24, 2.45) is 0 Å². The summed E-state index contributed by atoms with van der Waals surface area (Å²) < 4.78 is 32.8. The Morgan fingerprint density at radius 1 is 1.10 bits per heavy atom. The zero-order chi connectivity index (χ0) is 27.8. The van der Waals surface area contributed by atoms with Crippen LogP contribution in [0.3, 0.4) is 0 Å². The van der Waals surface area contributed by atoms with Crippen LogP contribution in [0.25, 0.3) is 11.1 Å². The van der Waals surface area contributed by atoms with E-state index in [-0.39, 0.29) is 36.4 Å². The van der Waals surface area contributed by atoms with Crippen molar-refractivity contribution in [3.8, 4) is 11.1 Å². The van der Waals surface area contributed by atoms with Gasteiger partial charge in [0, 0.05) is 49.8 Å². The van der Waals surface area contributed by atoms with Crippen molar-refractivity contribution in [2.45, 2.75) is 51.6 Å². The van der Waals surface area contributed by atoms with Crippen LogP contribution in [0.15, 0.2) is 40.9 Å². The summed E-state index contributed by atoms with van der Waals surface area (Å²) in [6, 6.07) is 7.89. The third-order valence-corrected chi connectivity index (χ3v) is 7.44. The molecular formula is C28H29F2N5O4. The van der Waals surface area contributed by atoms with E-state index in [0.717, 1.165) is 28.9 Å². The Morgan fingerprint density at radius 2 is 1.90 bits per heavy atom. The molecule has 204 valence electrons. The van der Waals surface area contributed by atoms with Crippen molar-refractivity contribution in [3.63, 3.8) is 0 Å². The maximum atomic E-state index is 14.0. The average molecular weight is 538 g/mol. The second kappa shape index (κ2) is 10.5. The van der Waals surface area contributed by atoms with E-state index in [0.29, 0.717) is 36.5 Å². The maximum absolute atomic E-state index is 14.0. The minimum Gasteiger partial charge on any atom is -0.368 e. The summed E-state index contributed by atoms with van der Waals surface area (Å²) in [6.45, 7) is 4.11. The number of carbonyl (C=O) groups excluding carboxylic acids is 3. The van der Waals surface area contributed by atoms with Crippen molar-refractivity contribution in [2.75, 3.05) is 28.7 Å². The molecular weight excluding hydrogens is 508 g/mol. The van der Waals surface area contributed by atoms with E-state index < -0.39 is 23.6 Å². The van der Waals surface area contributed by atoms with Crippen LogP contribution in [-0.2, 0) is 14.4 Å². The molecule has 2 N–H and O–H groups in total. The first-order chi connectivity index (χ1) is 18.6. The number of nitrogens with zero attached hydrogens (tertiary/aromatic N) is 3. The molecule has 1 unspecified atom stereocenters. The summed E-state index contributed by atoms with van der Waals surface area (Å²) in [5.41, 5.74) is 3.65. The molecule has 0 spiro atoms. The largest absolute Gasteiger partial charge is 0.368 e. The van der Waals surface area contributed by atoms with Crippen molar-refractivity contribution >= 4 is 34.8 Å². The van der Waals surface area contributed by atoms with Gasteiger partial charge in [0.25, 0.3) is 0 Å². The average Bonchev–Trinajstić information content (AvgIpc) is 3.46. The number of carbonyl (C=O) groups is 3. The molecule has 0 saturated carbocycles. The third kappa shape index (κ3) is 5.08. The van der Waals surface area contributed by atoms with Gasteiger partial charge in [0.2, 0.25) is 17.7 Å². The van der Waals surface area contributed by atoms with Gasteiger partial charge >= 0.3 is 0 Å². The number of benzene rings is 2. The molecule has 0 bridgehead atoms. The second-order valence-electron chi connectivity index (χ2n) is 9.94. The number of aromatic nitrogens is 1. The van der Waals surface area contributed by atoms with Gasteiger partial charge < -0.3 is 20.1 Å². The van der Waals surface area contributed by atoms with Gasteiger partial charge in [-0.05, 0) is 56.5 Å². The van der Waals surface area contributed by atoms with E-state index in [9.17, 15) is 23.2 Å². The lowest BCUT2D eigenvalue weighted by Crippen LogP contribution is -2.47. The van der Waals surface area contributed by atoms with Gasteiger partial charge in [-0.25, -0.2) is 8.78 Å². The van der Waals surface area contributed by atoms with Crippen molar-refractivity contribution in [1.82, 2.24) is 10.5 Å². The molecule has 3 heterocycles. The van der Waals surface area contributed by atoms with Gasteiger partial charge in [0.1, 0.15) is 11.8 Å². The van der Waals surface area contributed by atoms with Crippen LogP contribution in [0, 0.1) is 25.5 Å². The summed E-state index contributed by atoms with van der Waals surface area (Å²) >= 11 is 0. The van der Waals surface area contributed by atoms with Gasteiger partial charge in [0.05, 0.1) is 17.1 Å². The highest BCUT2D eigenvalue weighted by Crippen LogP contribution is 2.36. The van der Waals surface area contributed by atoms with Crippen LogP contribution < -0.4 is 20.4 Å². The fourth-order valence-electron chi connectivity index (χ4n) is 5.35. The van der Waals surface area contributed by atoms with E-state index >= 15 is 0 Å². The van der Waals surface area contributed by atoms with Crippen LogP contribution in [0.5, 0.6) is 0 Å². The van der Waals surface area contributed by atoms with Gasteiger partial charge in [-0.1, -0.05) is 11.2 Å². The van der Waals surface area contributed by atoms with Crippen LogP contribution in [0.4, 0.5) is 25.8 Å².